The highest BCUT2D eigenvalue weighted by atomic mass is 35.5. The molecule has 6 heteroatoms. The average molecular weight is 343 g/mol. The van der Waals surface area contributed by atoms with Crippen molar-refractivity contribution in [2.75, 3.05) is 19.0 Å². The number of benzene rings is 2. The van der Waals surface area contributed by atoms with Crippen molar-refractivity contribution in [3.05, 3.63) is 81.7 Å². The van der Waals surface area contributed by atoms with Crippen molar-refractivity contribution >= 4 is 29.0 Å². The van der Waals surface area contributed by atoms with Gasteiger partial charge in [-0.05, 0) is 30.3 Å². The van der Waals surface area contributed by atoms with Crippen LogP contribution in [0.1, 0.15) is 11.1 Å². The van der Waals surface area contributed by atoms with Crippen LogP contribution in [0.5, 0.6) is 0 Å². The standard InChI is InChI=1S/C18H15ClN2O3/c1-24-17(22)10-14-11-21(23)18(12-5-3-2-4-6-12)15-9-13(19)7-8-16(15)20-14/h2-10,20H,11H2,1H3. The molecule has 24 heavy (non-hydrogen) atoms. The molecule has 0 aliphatic carbocycles. The Morgan fingerprint density at radius 2 is 2.04 bits per heavy atom. The third-order valence-electron chi connectivity index (χ3n) is 3.64. The summed E-state index contributed by atoms with van der Waals surface area (Å²) in [4.78, 5) is 11.5. The number of ether oxygens (including phenoxy) is 1. The minimum Gasteiger partial charge on any atom is -0.623 e. The van der Waals surface area contributed by atoms with Gasteiger partial charge < -0.3 is 15.3 Å². The molecule has 0 unspecified atom stereocenters. The van der Waals surface area contributed by atoms with E-state index in [1.54, 1.807) is 18.2 Å². The van der Waals surface area contributed by atoms with Crippen molar-refractivity contribution in [2.24, 2.45) is 0 Å². The van der Waals surface area contributed by atoms with E-state index >= 15 is 0 Å². The molecular formula is C18H15ClN2O3. The maximum atomic E-state index is 12.8. The Morgan fingerprint density at radius 1 is 1.29 bits per heavy atom. The van der Waals surface area contributed by atoms with Crippen LogP contribution >= 0.6 is 11.6 Å². The van der Waals surface area contributed by atoms with Crippen LogP contribution in [0, 0.1) is 5.21 Å². The predicted molar refractivity (Wildman–Crippen MR) is 93.3 cm³/mol. The second kappa shape index (κ2) is 6.76. The molecule has 122 valence electrons. The zero-order chi connectivity index (χ0) is 17.1. The van der Waals surface area contributed by atoms with Crippen LogP contribution in [0.3, 0.4) is 0 Å². The van der Waals surface area contributed by atoms with Crippen molar-refractivity contribution in [3.63, 3.8) is 0 Å². The third-order valence-corrected chi connectivity index (χ3v) is 3.87. The molecule has 2 aromatic carbocycles. The van der Waals surface area contributed by atoms with Gasteiger partial charge in [0, 0.05) is 16.7 Å². The maximum Gasteiger partial charge on any atom is 0.332 e. The van der Waals surface area contributed by atoms with E-state index in [1.807, 2.05) is 30.3 Å². The van der Waals surface area contributed by atoms with Gasteiger partial charge in [0.25, 0.3) is 0 Å². The van der Waals surface area contributed by atoms with E-state index in [4.69, 9.17) is 11.6 Å². The van der Waals surface area contributed by atoms with Crippen molar-refractivity contribution in [1.29, 1.82) is 0 Å². The zero-order valence-corrected chi connectivity index (χ0v) is 13.7. The molecule has 0 saturated carbocycles. The summed E-state index contributed by atoms with van der Waals surface area (Å²) >= 11 is 6.12. The summed E-state index contributed by atoms with van der Waals surface area (Å²) in [6, 6.07) is 14.6. The van der Waals surface area contributed by atoms with Gasteiger partial charge in [-0.15, -0.1) is 0 Å². The number of rotatable bonds is 2. The van der Waals surface area contributed by atoms with Gasteiger partial charge in [-0.2, -0.15) is 4.74 Å². The van der Waals surface area contributed by atoms with Crippen LogP contribution in [0.25, 0.3) is 0 Å². The summed E-state index contributed by atoms with van der Waals surface area (Å²) in [6.45, 7) is -0.00831. The molecule has 0 aromatic heterocycles. The molecule has 0 fully saturated rings. The van der Waals surface area contributed by atoms with E-state index in [-0.39, 0.29) is 6.54 Å². The predicted octanol–water partition coefficient (Wildman–Crippen LogP) is 3.17. The maximum absolute atomic E-state index is 12.8. The number of carbonyl (C=O) groups is 1. The lowest BCUT2D eigenvalue weighted by molar-refractivity contribution is -0.446. The lowest BCUT2D eigenvalue weighted by Crippen LogP contribution is -2.19. The number of nitrogens with zero attached hydrogens (tertiary/aromatic N) is 1. The van der Waals surface area contributed by atoms with Gasteiger partial charge in [-0.1, -0.05) is 29.8 Å². The van der Waals surface area contributed by atoms with Gasteiger partial charge in [0.1, 0.15) is 0 Å². The fourth-order valence-electron chi connectivity index (χ4n) is 2.58. The number of methoxy groups -OCH3 is 1. The molecule has 2 aromatic rings. The minimum atomic E-state index is -0.524. The normalized spacial score (nSPS) is 15.5. The molecule has 0 saturated heterocycles. The summed E-state index contributed by atoms with van der Waals surface area (Å²) in [5.41, 5.74) is 3.10. The number of benzodiazepines with no additional fused rings is 1. The molecule has 0 spiro atoms. The smallest absolute Gasteiger partial charge is 0.332 e. The molecule has 1 N–H and O–H groups in total. The Hall–Kier alpha value is -2.79. The Kier molecular flexibility index (Phi) is 4.53. The van der Waals surface area contributed by atoms with Crippen LogP contribution in [0.4, 0.5) is 5.69 Å². The Bertz CT molecular complexity index is 845. The van der Waals surface area contributed by atoms with Crippen molar-refractivity contribution in [1.82, 2.24) is 0 Å². The molecule has 1 aliphatic rings. The van der Waals surface area contributed by atoms with E-state index in [0.717, 1.165) is 10.3 Å². The number of hydroxylamine groups is 1. The Labute approximate surface area is 144 Å². The Morgan fingerprint density at radius 3 is 2.75 bits per heavy atom. The number of nitrogens with one attached hydrogen (secondary N) is 1. The van der Waals surface area contributed by atoms with Crippen LogP contribution in [-0.4, -0.2) is 30.1 Å². The quantitative estimate of drug-likeness (QED) is 0.394. The van der Waals surface area contributed by atoms with Crippen LogP contribution < -0.4 is 5.32 Å². The van der Waals surface area contributed by atoms with Crippen LogP contribution in [-0.2, 0) is 9.53 Å². The van der Waals surface area contributed by atoms with Crippen molar-refractivity contribution < 1.29 is 14.3 Å². The van der Waals surface area contributed by atoms with Gasteiger partial charge in [0.2, 0.25) is 5.71 Å². The number of carbonyl (C=O) groups excluding carboxylic acids is 1. The fourth-order valence-corrected chi connectivity index (χ4v) is 2.75. The minimum absolute atomic E-state index is 0.00831. The summed E-state index contributed by atoms with van der Waals surface area (Å²) in [5, 5.41) is 16.4. The van der Waals surface area contributed by atoms with E-state index in [9.17, 15) is 10.0 Å². The Balaban J connectivity index is 2.20. The highest BCUT2D eigenvalue weighted by Gasteiger charge is 2.25. The summed E-state index contributed by atoms with van der Waals surface area (Å²) in [6.07, 6.45) is 1.28. The summed E-state index contributed by atoms with van der Waals surface area (Å²) < 4.78 is 5.49. The average Bonchev–Trinajstić information content (AvgIpc) is 2.70. The van der Waals surface area contributed by atoms with Gasteiger partial charge in [-0.25, -0.2) is 4.79 Å². The number of esters is 1. The molecule has 0 amide bonds. The van der Waals surface area contributed by atoms with Gasteiger partial charge in [-0.3, -0.25) is 0 Å². The van der Waals surface area contributed by atoms with Gasteiger partial charge >= 0.3 is 5.97 Å². The lowest BCUT2D eigenvalue weighted by Gasteiger charge is -2.10. The number of hydrogen-bond acceptors (Lipinski definition) is 4. The van der Waals surface area contributed by atoms with Gasteiger partial charge in [0.05, 0.1) is 24.1 Å². The van der Waals surface area contributed by atoms with Crippen molar-refractivity contribution in [2.45, 2.75) is 0 Å². The fraction of sp³-hybridized carbons (Fsp3) is 0.111. The molecule has 5 nitrogen and oxygen atoms in total. The van der Waals surface area contributed by atoms with Gasteiger partial charge in [0.15, 0.2) is 6.54 Å². The first-order valence-corrected chi connectivity index (χ1v) is 7.69. The highest BCUT2D eigenvalue weighted by Crippen LogP contribution is 2.27. The monoisotopic (exact) mass is 342 g/mol. The lowest BCUT2D eigenvalue weighted by atomic mass is 10.0. The molecule has 1 heterocycles. The van der Waals surface area contributed by atoms with Crippen LogP contribution in [0.2, 0.25) is 5.02 Å². The second-order valence-electron chi connectivity index (χ2n) is 5.26. The first kappa shape index (κ1) is 16.1. The molecule has 0 radical (unpaired) electrons. The first-order chi connectivity index (χ1) is 11.6. The SMILES string of the molecule is COC(=O)C=C1C[N+]([O-])=C(c2ccccc2)c2cc(Cl)ccc2N1. The van der Waals surface area contributed by atoms with E-state index in [0.29, 0.717) is 27.7 Å². The zero-order valence-electron chi connectivity index (χ0n) is 13.0. The van der Waals surface area contributed by atoms with Crippen molar-refractivity contribution in [3.8, 4) is 0 Å². The molecule has 1 aliphatic heterocycles. The highest BCUT2D eigenvalue weighted by molar-refractivity contribution is 6.31. The molecule has 0 bridgehead atoms. The largest absolute Gasteiger partial charge is 0.623 e. The summed E-state index contributed by atoms with van der Waals surface area (Å²) in [7, 11) is 1.29. The van der Waals surface area contributed by atoms with E-state index < -0.39 is 5.97 Å². The number of halogens is 1. The first-order valence-electron chi connectivity index (χ1n) is 7.31. The van der Waals surface area contributed by atoms with E-state index in [2.05, 4.69) is 10.1 Å². The van der Waals surface area contributed by atoms with E-state index in [1.165, 1.54) is 13.2 Å². The number of anilines is 1. The van der Waals surface area contributed by atoms with Crippen LogP contribution in [0.15, 0.2) is 60.3 Å². The molecule has 0 atom stereocenters. The summed E-state index contributed by atoms with van der Waals surface area (Å²) in [5.74, 6) is -0.524. The molecule has 3 rings (SSSR count). The second-order valence-corrected chi connectivity index (χ2v) is 5.70. The number of hydrogen-bond donors (Lipinski definition) is 1. The molecular weight excluding hydrogens is 328 g/mol. The number of fused-ring (bicyclic) bond motifs is 1. The topological polar surface area (TPSA) is 64.4 Å². The third kappa shape index (κ3) is 3.26.